The van der Waals surface area contributed by atoms with E-state index in [2.05, 4.69) is 10.2 Å². The Kier molecular flexibility index (Phi) is 5.06. The molecule has 0 bridgehead atoms. The molecule has 21 heavy (non-hydrogen) atoms. The SMILES string of the molecule is CN(CCNc1c([N+](=O)[O-])ccc(F)c1F)C1CCCC1. The molecular formula is C14H19F2N3O2. The van der Waals surface area contributed by atoms with Gasteiger partial charge in [0, 0.05) is 25.2 Å². The normalized spacial score (nSPS) is 15.6. The van der Waals surface area contributed by atoms with E-state index in [-0.39, 0.29) is 5.69 Å². The van der Waals surface area contributed by atoms with Crippen LogP contribution in [0, 0.1) is 21.7 Å². The van der Waals surface area contributed by atoms with Crippen LogP contribution in [0.4, 0.5) is 20.2 Å². The quantitative estimate of drug-likeness (QED) is 0.647. The van der Waals surface area contributed by atoms with Crippen molar-refractivity contribution >= 4 is 11.4 Å². The first-order valence-corrected chi connectivity index (χ1v) is 7.07. The van der Waals surface area contributed by atoms with Crippen LogP contribution in [-0.2, 0) is 0 Å². The molecule has 1 aliphatic rings. The maximum absolute atomic E-state index is 13.7. The molecule has 0 unspecified atom stereocenters. The van der Waals surface area contributed by atoms with Gasteiger partial charge in [-0.1, -0.05) is 12.8 Å². The zero-order valence-electron chi connectivity index (χ0n) is 11.9. The molecule has 5 nitrogen and oxygen atoms in total. The summed E-state index contributed by atoms with van der Waals surface area (Å²) in [4.78, 5) is 12.3. The molecule has 1 saturated carbocycles. The Morgan fingerprint density at radius 3 is 2.67 bits per heavy atom. The second-order valence-corrected chi connectivity index (χ2v) is 5.36. The van der Waals surface area contributed by atoms with Crippen LogP contribution < -0.4 is 5.32 Å². The zero-order valence-corrected chi connectivity index (χ0v) is 11.9. The first kappa shape index (κ1) is 15.6. The number of nitrogens with zero attached hydrogens (tertiary/aromatic N) is 2. The van der Waals surface area contributed by atoms with Crippen molar-refractivity contribution in [2.45, 2.75) is 31.7 Å². The van der Waals surface area contributed by atoms with Gasteiger partial charge in [0.1, 0.15) is 0 Å². The summed E-state index contributed by atoms with van der Waals surface area (Å²) in [6.45, 7) is 0.950. The van der Waals surface area contributed by atoms with E-state index in [1.165, 1.54) is 12.8 Å². The minimum absolute atomic E-state index is 0.328. The molecule has 0 aromatic heterocycles. The molecule has 7 heteroatoms. The van der Waals surface area contributed by atoms with Gasteiger partial charge in [0.2, 0.25) is 0 Å². The van der Waals surface area contributed by atoms with Gasteiger partial charge in [-0.15, -0.1) is 0 Å². The highest BCUT2D eigenvalue weighted by Crippen LogP contribution is 2.29. The van der Waals surface area contributed by atoms with E-state index in [1.807, 2.05) is 7.05 Å². The molecule has 1 aromatic carbocycles. The molecule has 0 heterocycles. The third kappa shape index (κ3) is 3.66. The van der Waals surface area contributed by atoms with Gasteiger partial charge in [0.15, 0.2) is 17.3 Å². The van der Waals surface area contributed by atoms with E-state index >= 15 is 0 Å². The van der Waals surface area contributed by atoms with Gasteiger partial charge in [-0.2, -0.15) is 0 Å². The number of nitro groups is 1. The van der Waals surface area contributed by atoms with Gasteiger partial charge in [-0.3, -0.25) is 10.1 Å². The van der Waals surface area contributed by atoms with E-state index in [0.29, 0.717) is 19.1 Å². The fraction of sp³-hybridized carbons (Fsp3) is 0.571. The maximum Gasteiger partial charge on any atom is 0.295 e. The van der Waals surface area contributed by atoms with Crippen LogP contribution in [0.15, 0.2) is 12.1 Å². The first-order valence-electron chi connectivity index (χ1n) is 7.07. The van der Waals surface area contributed by atoms with Crippen molar-refractivity contribution in [3.63, 3.8) is 0 Å². The van der Waals surface area contributed by atoms with Crippen LogP contribution in [0.3, 0.4) is 0 Å². The van der Waals surface area contributed by atoms with Gasteiger partial charge in [-0.05, 0) is 26.0 Å². The lowest BCUT2D eigenvalue weighted by Crippen LogP contribution is -2.33. The Labute approximate surface area is 122 Å². The summed E-state index contributed by atoms with van der Waals surface area (Å²) in [5.74, 6) is -2.29. The Hall–Kier alpha value is -1.76. The summed E-state index contributed by atoms with van der Waals surface area (Å²) in [5, 5.41) is 13.5. The highest BCUT2D eigenvalue weighted by atomic mass is 19.2. The molecule has 0 radical (unpaired) electrons. The molecule has 0 aliphatic heterocycles. The largest absolute Gasteiger partial charge is 0.376 e. The molecule has 1 N–H and O–H groups in total. The van der Waals surface area contributed by atoms with Crippen molar-refractivity contribution in [2.24, 2.45) is 0 Å². The number of nitrogens with one attached hydrogen (secondary N) is 1. The number of benzene rings is 1. The number of anilines is 1. The standard InChI is InChI=1S/C14H19F2N3O2/c1-18(10-4-2-3-5-10)9-8-17-14-12(19(20)21)7-6-11(15)13(14)16/h6-7,10,17H,2-5,8-9H2,1H3. The van der Waals surface area contributed by atoms with E-state index < -0.39 is 22.2 Å². The number of hydrogen-bond acceptors (Lipinski definition) is 4. The molecule has 0 atom stereocenters. The average Bonchev–Trinajstić information content (AvgIpc) is 2.97. The van der Waals surface area contributed by atoms with E-state index in [0.717, 1.165) is 25.0 Å². The third-order valence-corrected chi connectivity index (χ3v) is 3.98. The fourth-order valence-corrected chi connectivity index (χ4v) is 2.75. The number of halogens is 2. The molecule has 1 fully saturated rings. The van der Waals surface area contributed by atoms with Crippen LogP contribution in [0.25, 0.3) is 0 Å². The van der Waals surface area contributed by atoms with Crippen molar-refractivity contribution in [3.05, 3.63) is 33.9 Å². The lowest BCUT2D eigenvalue weighted by atomic mass is 10.2. The second kappa shape index (κ2) is 6.80. The molecule has 0 saturated heterocycles. The molecule has 116 valence electrons. The predicted molar refractivity (Wildman–Crippen MR) is 76.4 cm³/mol. The Morgan fingerprint density at radius 2 is 2.05 bits per heavy atom. The average molecular weight is 299 g/mol. The maximum atomic E-state index is 13.7. The smallest absolute Gasteiger partial charge is 0.295 e. The number of rotatable bonds is 6. The summed E-state index contributed by atoms with van der Waals surface area (Å²) in [7, 11) is 1.98. The van der Waals surface area contributed by atoms with E-state index in [4.69, 9.17) is 0 Å². The van der Waals surface area contributed by atoms with Crippen LogP contribution in [0.1, 0.15) is 25.7 Å². The second-order valence-electron chi connectivity index (χ2n) is 5.36. The minimum Gasteiger partial charge on any atom is -0.376 e. The fourth-order valence-electron chi connectivity index (χ4n) is 2.75. The summed E-state index contributed by atoms with van der Waals surface area (Å²) in [6, 6.07) is 2.25. The van der Waals surface area contributed by atoms with Crippen molar-refractivity contribution in [3.8, 4) is 0 Å². The number of hydrogen-bond donors (Lipinski definition) is 1. The van der Waals surface area contributed by atoms with Crippen molar-refractivity contribution in [1.82, 2.24) is 4.90 Å². The molecule has 0 spiro atoms. The van der Waals surface area contributed by atoms with Crippen molar-refractivity contribution in [2.75, 3.05) is 25.5 Å². The highest BCUT2D eigenvalue weighted by molar-refractivity contribution is 5.62. The topological polar surface area (TPSA) is 58.4 Å². The van der Waals surface area contributed by atoms with Crippen molar-refractivity contribution < 1.29 is 13.7 Å². The van der Waals surface area contributed by atoms with Crippen LogP contribution in [-0.4, -0.2) is 36.0 Å². The monoisotopic (exact) mass is 299 g/mol. The van der Waals surface area contributed by atoms with Gasteiger partial charge < -0.3 is 10.2 Å². The van der Waals surface area contributed by atoms with Gasteiger partial charge in [0.25, 0.3) is 5.69 Å². The summed E-state index contributed by atoms with van der Waals surface area (Å²) in [6.07, 6.45) is 4.72. The lowest BCUT2D eigenvalue weighted by Gasteiger charge is -2.24. The molecule has 1 aromatic rings. The van der Waals surface area contributed by atoms with Gasteiger partial charge in [0.05, 0.1) is 4.92 Å². The third-order valence-electron chi connectivity index (χ3n) is 3.98. The van der Waals surface area contributed by atoms with E-state index in [1.54, 1.807) is 0 Å². The van der Waals surface area contributed by atoms with E-state index in [9.17, 15) is 18.9 Å². The van der Waals surface area contributed by atoms with Crippen LogP contribution in [0.2, 0.25) is 0 Å². The summed E-state index contributed by atoms with van der Waals surface area (Å²) >= 11 is 0. The van der Waals surface area contributed by atoms with Crippen LogP contribution >= 0.6 is 0 Å². The summed E-state index contributed by atoms with van der Waals surface area (Å²) < 4.78 is 26.9. The number of likely N-dealkylation sites (N-methyl/N-ethyl adjacent to an activating group) is 1. The predicted octanol–water partition coefficient (Wildman–Crippen LogP) is 3.16. The zero-order chi connectivity index (χ0) is 15.4. The molecular weight excluding hydrogens is 280 g/mol. The summed E-state index contributed by atoms with van der Waals surface area (Å²) in [5.41, 5.74) is -0.822. The molecule has 2 rings (SSSR count). The van der Waals surface area contributed by atoms with Crippen molar-refractivity contribution in [1.29, 1.82) is 0 Å². The Bertz CT molecular complexity index is 519. The minimum atomic E-state index is -1.20. The highest BCUT2D eigenvalue weighted by Gasteiger charge is 2.22. The Morgan fingerprint density at radius 1 is 1.38 bits per heavy atom. The Balaban J connectivity index is 1.99. The molecule has 0 amide bonds. The van der Waals surface area contributed by atoms with Gasteiger partial charge in [-0.25, -0.2) is 8.78 Å². The lowest BCUT2D eigenvalue weighted by molar-refractivity contribution is -0.384. The van der Waals surface area contributed by atoms with Gasteiger partial charge >= 0.3 is 0 Å². The number of nitro benzene ring substituents is 1. The van der Waals surface area contributed by atoms with Crippen LogP contribution in [0.5, 0.6) is 0 Å². The molecule has 1 aliphatic carbocycles. The first-order chi connectivity index (χ1) is 10.0.